The normalized spacial score (nSPS) is 15.6. The van der Waals surface area contributed by atoms with Crippen molar-refractivity contribution in [2.24, 2.45) is 0 Å². The Balaban J connectivity index is 0.823. The van der Waals surface area contributed by atoms with Crippen molar-refractivity contribution in [3.63, 3.8) is 0 Å². The number of hydrogen-bond donors (Lipinski definition) is 0. The first kappa shape index (κ1) is 46.5. The minimum absolute atomic E-state index is 1.04. The molecule has 0 N–H and O–H groups in total. The van der Waals surface area contributed by atoms with E-state index in [0.29, 0.717) is 0 Å². The van der Waals surface area contributed by atoms with E-state index in [9.17, 15) is 0 Å². The van der Waals surface area contributed by atoms with Gasteiger partial charge >= 0.3 is 0 Å². The molecule has 7 aromatic carbocycles. The van der Waals surface area contributed by atoms with Crippen molar-refractivity contribution in [1.82, 2.24) is 0 Å². The highest BCUT2D eigenvalue weighted by atomic mass is 32.2. The van der Waals surface area contributed by atoms with E-state index in [0.717, 1.165) is 80.5 Å². The summed E-state index contributed by atoms with van der Waals surface area (Å²) in [6.45, 7) is 0. The molecule has 14 bridgehead atoms. The van der Waals surface area contributed by atoms with Crippen LogP contribution in [0.4, 0.5) is 0 Å². The average Bonchev–Trinajstić information content (AvgIpc) is 3.32. The molecule has 0 aliphatic carbocycles. The van der Waals surface area contributed by atoms with Gasteiger partial charge < -0.3 is 0 Å². The highest BCUT2D eigenvalue weighted by Crippen LogP contribution is 2.27. The molecule has 0 saturated carbocycles. The lowest BCUT2D eigenvalue weighted by Crippen LogP contribution is -1.89. The van der Waals surface area contributed by atoms with Gasteiger partial charge in [-0.2, -0.15) is 82.3 Å². The van der Waals surface area contributed by atoms with Crippen LogP contribution in [0.3, 0.4) is 0 Å². The Morgan fingerprint density at radius 1 is 0.127 bits per heavy atom. The molecule has 0 saturated heterocycles. The third kappa shape index (κ3) is 16.1. The molecular formula is C56H56S7. The Bertz CT molecular complexity index is 1730. The van der Waals surface area contributed by atoms with E-state index in [1.54, 1.807) is 0 Å². The van der Waals surface area contributed by atoms with Crippen molar-refractivity contribution in [3.8, 4) is 0 Å². The van der Waals surface area contributed by atoms with Crippen molar-refractivity contribution in [3.05, 3.63) is 248 Å². The van der Waals surface area contributed by atoms with Crippen LogP contribution >= 0.6 is 82.3 Å². The summed E-state index contributed by atoms with van der Waals surface area (Å²) in [6, 6.07) is 64.9. The van der Waals surface area contributed by atoms with Gasteiger partial charge in [-0.25, -0.2) is 0 Å². The number of hydrogen-bond acceptors (Lipinski definition) is 7. The van der Waals surface area contributed by atoms with Crippen LogP contribution < -0.4 is 0 Å². The number of benzene rings is 7. The molecule has 14 aliphatic heterocycles. The van der Waals surface area contributed by atoms with Gasteiger partial charge in [0.1, 0.15) is 0 Å². The van der Waals surface area contributed by atoms with E-state index in [1.807, 2.05) is 82.3 Å². The predicted octanol–water partition coefficient (Wildman–Crippen LogP) is 17.0. The largest absolute Gasteiger partial charge is 0.152 e. The Hall–Kier alpha value is -3.01. The summed E-state index contributed by atoms with van der Waals surface area (Å²) in [5.41, 5.74) is 19.7. The smallest absolute Gasteiger partial charge is 0.0187 e. The van der Waals surface area contributed by atoms with Crippen LogP contribution in [0.2, 0.25) is 0 Å². The van der Waals surface area contributed by atoms with Crippen LogP contribution in [0.15, 0.2) is 170 Å². The minimum Gasteiger partial charge on any atom is -0.152 e. The molecule has 0 unspecified atom stereocenters. The van der Waals surface area contributed by atoms with Crippen molar-refractivity contribution in [2.75, 3.05) is 0 Å². The van der Waals surface area contributed by atoms with Crippen LogP contribution in [-0.2, 0) is 80.5 Å². The van der Waals surface area contributed by atoms with Crippen molar-refractivity contribution in [1.29, 1.82) is 0 Å². The fraction of sp³-hybridized carbons (Fsp3) is 0.250. The first-order chi connectivity index (χ1) is 31.1. The number of rotatable bonds is 0. The van der Waals surface area contributed by atoms with Gasteiger partial charge in [-0.05, 0) is 77.9 Å². The Morgan fingerprint density at radius 3 is 0.254 bits per heavy atom. The molecule has 63 heavy (non-hydrogen) atoms. The standard InChI is InChI=1S/C56H56S7/c1-2-44-4-3-43(1)29-57-31-45-5-7-47(8-6-45)33-59-35-49-13-15-51(16-14-49)37-61-39-53-21-23-55(24-22-53)41-63-42-56-27-25-54(26-28-56)40-62-38-52-19-17-50(18-20-52)36-60-34-48-11-9-46(10-12-48)32-58-30-44/h1-28H,29-42H2. The SMILES string of the molecule is c1cc2ccc1CSCc1ccc(cc1)CSCc1ccc(cc1)CSCc1ccc(cc1)CSCc1ccc(cc1)CSCc1ccc(cc1)CSCc1ccc(cc1)CSC2. The molecule has 0 radical (unpaired) electrons. The van der Waals surface area contributed by atoms with Crippen molar-refractivity contribution < 1.29 is 0 Å². The first-order valence-corrected chi connectivity index (χ1v) is 29.8. The van der Waals surface area contributed by atoms with E-state index in [4.69, 9.17) is 0 Å². The Labute approximate surface area is 407 Å². The second-order valence-electron chi connectivity index (χ2n) is 16.2. The zero-order valence-corrected chi connectivity index (χ0v) is 41.6. The molecule has 0 spiro atoms. The van der Waals surface area contributed by atoms with E-state index in [1.165, 1.54) is 77.9 Å². The van der Waals surface area contributed by atoms with Gasteiger partial charge in [0, 0.05) is 80.5 Å². The molecule has 0 fully saturated rings. The lowest BCUT2D eigenvalue weighted by molar-refractivity contribution is 1.30. The molecule has 7 heteroatoms. The van der Waals surface area contributed by atoms with E-state index in [2.05, 4.69) is 170 Å². The van der Waals surface area contributed by atoms with Gasteiger partial charge in [0.25, 0.3) is 0 Å². The topological polar surface area (TPSA) is 0 Å². The summed E-state index contributed by atoms with van der Waals surface area (Å²) in [6.07, 6.45) is 0. The molecule has 0 atom stereocenters. The van der Waals surface area contributed by atoms with Crippen LogP contribution in [0.1, 0.15) is 77.9 Å². The zero-order chi connectivity index (χ0) is 42.7. The fourth-order valence-electron chi connectivity index (χ4n) is 7.13. The lowest BCUT2D eigenvalue weighted by Gasteiger charge is -2.08. The highest BCUT2D eigenvalue weighted by molar-refractivity contribution is 7.99. The molecule has 7 aromatic rings. The quantitative estimate of drug-likeness (QED) is 0.147. The zero-order valence-electron chi connectivity index (χ0n) is 35.9. The summed E-state index contributed by atoms with van der Waals surface area (Å²) in [4.78, 5) is 0. The molecule has 0 aromatic heterocycles. The molecule has 14 aliphatic rings. The highest BCUT2D eigenvalue weighted by Gasteiger charge is 2.05. The Kier molecular flexibility index (Phi) is 18.9. The Morgan fingerprint density at radius 2 is 0.190 bits per heavy atom. The number of thioether (sulfide) groups is 7. The van der Waals surface area contributed by atoms with E-state index < -0.39 is 0 Å². The average molecular weight is 954 g/mol. The van der Waals surface area contributed by atoms with Gasteiger partial charge in [-0.1, -0.05) is 170 Å². The molecule has 21 rings (SSSR count). The second kappa shape index (κ2) is 25.6. The predicted molar refractivity (Wildman–Crippen MR) is 290 cm³/mol. The summed E-state index contributed by atoms with van der Waals surface area (Å²) in [5.74, 6) is 14.6. The van der Waals surface area contributed by atoms with Crippen LogP contribution in [0.5, 0.6) is 0 Å². The van der Waals surface area contributed by atoms with Crippen LogP contribution in [0, 0.1) is 0 Å². The minimum atomic E-state index is 1.04. The van der Waals surface area contributed by atoms with Gasteiger partial charge in [0.2, 0.25) is 0 Å². The third-order valence-corrected chi connectivity index (χ3v) is 18.4. The molecule has 0 nitrogen and oxygen atoms in total. The summed E-state index contributed by atoms with van der Waals surface area (Å²) >= 11 is 14.0. The van der Waals surface area contributed by atoms with Gasteiger partial charge in [0.15, 0.2) is 0 Å². The van der Waals surface area contributed by atoms with E-state index in [-0.39, 0.29) is 0 Å². The molecule has 14 heterocycles. The van der Waals surface area contributed by atoms with Crippen LogP contribution in [-0.4, -0.2) is 0 Å². The maximum Gasteiger partial charge on any atom is 0.0187 e. The summed E-state index contributed by atoms with van der Waals surface area (Å²) in [7, 11) is 0. The first-order valence-electron chi connectivity index (χ1n) is 21.7. The molecular weight excluding hydrogens is 897 g/mol. The third-order valence-electron chi connectivity index (χ3n) is 10.9. The van der Waals surface area contributed by atoms with Crippen LogP contribution in [0.25, 0.3) is 0 Å². The van der Waals surface area contributed by atoms with Gasteiger partial charge in [0.05, 0.1) is 0 Å². The second-order valence-corrected chi connectivity index (χ2v) is 23.1. The maximum atomic E-state index is 2.32. The van der Waals surface area contributed by atoms with Crippen molar-refractivity contribution in [2.45, 2.75) is 80.5 Å². The van der Waals surface area contributed by atoms with Gasteiger partial charge in [-0.3, -0.25) is 0 Å². The maximum absolute atomic E-state index is 2.32. The molecule has 322 valence electrons. The summed E-state index contributed by atoms with van der Waals surface area (Å²) < 4.78 is 0. The fourth-order valence-corrected chi connectivity index (χ4v) is 13.8. The van der Waals surface area contributed by atoms with Gasteiger partial charge in [-0.15, -0.1) is 0 Å². The molecule has 0 amide bonds. The van der Waals surface area contributed by atoms with Crippen molar-refractivity contribution >= 4 is 82.3 Å². The van der Waals surface area contributed by atoms with E-state index >= 15 is 0 Å². The monoisotopic (exact) mass is 952 g/mol. The summed E-state index contributed by atoms with van der Waals surface area (Å²) in [5, 5.41) is 0. The lowest BCUT2D eigenvalue weighted by atomic mass is 10.2.